The Labute approximate surface area is 164 Å². The average molecular weight is 391 g/mol. The third kappa shape index (κ3) is 5.54. The van der Waals surface area contributed by atoms with E-state index in [9.17, 15) is 9.59 Å². The number of piperazine rings is 1. The van der Waals surface area contributed by atoms with E-state index in [2.05, 4.69) is 20.9 Å². The number of benzene rings is 1. The van der Waals surface area contributed by atoms with Crippen molar-refractivity contribution in [2.75, 3.05) is 32.7 Å². The molecule has 0 spiro atoms. The Bertz CT molecular complexity index is 869. The highest BCUT2D eigenvalue weighted by Crippen LogP contribution is 2.18. The van der Waals surface area contributed by atoms with Gasteiger partial charge in [-0.05, 0) is 37.9 Å². The van der Waals surface area contributed by atoms with Crippen molar-refractivity contribution in [2.45, 2.75) is 32.9 Å². The summed E-state index contributed by atoms with van der Waals surface area (Å²) in [7, 11) is 0. The molecule has 1 aromatic carbocycles. The van der Waals surface area contributed by atoms with Crippen molar-refractivity contribution >= 4 is 11.6 Å². The van der Waals surface area contributed by atoms with Gasteiger partial charge in [-0.2, -0.15) is 0 Å². The van der Waals surface area contributed by atoms with Crippen LogP contribution >= 0.6 is 11.6 Å². The molecule has 1 N–H and O–H groups in total. The van der Waals surface area contributed by atoms with Gasteiger partial charge in [0.25, 0.3) is 5.56 Å². The zero-order valence-electron chi connectivity index (χ0n) is 15.8. The Balaban J connectivity index is 1.38. The monoisotopic (exact) mass is 390 g/mol. The summed E-state index contributed by atoms with van der Waals surface area (Å²) in [5.74, 6) is 0. The number of hydrogen-bond acceptors (Lipinski definition) is 4. The fourth-order valence-electron chi connectivity index (χ4n) is 3.44. The summed E-state index contributed by atoms with van der Waals surface area (Å²) in [4.78, 5) is 30.5. The first kappa shape index (κ1) is 19.9. The Kier molecular flexibility index (Phi) is 6.88. The number of aryl methyl sites for hydroxylation is 2. The lowest BCUT2D eigenvalue weighted by molar-refractivity contribution is 0.125. The molecule has 0 saturated carbocycles. The van der Waals surface area contributed by atoms with Crippen molar-refractivity contribution in [2.24, 2.45) is 0 Å². The summed E-state index contributed by atoms with van der Waals surface area (Å²) < 4.78 is 1.60. The van der Waals surface area contributed by atoms with Crippen LogP contribution in [0.15, 0.2) is 40.1 Å². The van der Waals surface area contributed by atoms with Crippen molar-refractivity contribution in [3.8, 4) is 0 Å². The molecule has 0 atom stereocenters. The Morgan fingerprint density at radius 1 is 1.00 bits per heavy atom. The van der Waals surface area contributed by atoms with Crippen molar-refractivity contribution in [3.63, 3.8) is 0 Å². The highest BCUT2D eigenvalue weighted by atomic mass is 35.5. The number of H-pyrrole nitrogens is 1. The molecule has 2 heterocycles. The molecule has 1 fully saturated rings. The van der Waals surface area contributed by atoms with Crippen LogP contribution < -0.4 is 11.2 Å². The standard InChI is InChI=1S/C20H27ClN4O2/c1-16-14-25(20(27)22-19(16)26)9-5-4-8-23-10-12-24(13-11-23)15-17-6-2-3-7-18(17)21/h2-3,6-7,14H,4-5,8-13,15H2,1H3,(H,22,26,27). The Hall–Kier alpha value is -1.89. The molecule has 3 rings (SSSR count). The molecule has 146 valence electrons. The molecule has 0 aliphatic carbocycles. The van der Waals surface area contributed by atoms with Crippen molar-refractivity contribution < 1.29 is 0 Å². The number of halogens is 1. The number of unbranched alkanes of at least 4 members (excludes halogenated alkanes) is 1. The highest BCUT2D eigenvalue weighted by Gasteiger charge is 2.17. The average Bonchev–Trinajstić information content (AvgIpc) is 2.66. The molecule has 2 aromatic rings. The molecule has 27 heavy (non-hydrogen) atoms. The predicted molar refractivity (Wildman–Crippen MR) is 108 cm³/mol. The fourth-order valence-corrected chi connectivity index (χ4v) is 3.64. The van der Waals surface area contributed by atoms with Crippen LogP contribution in [0.25, 0.3) is 0 Å². The molecule has 0 amide bonds. The number of nitrogens with one attached hydrogen (secondary N) is 1. The lowest BCUT2D eigenvalue weighted by Crippen LogP contribution is -2.46. The Morgan fingerprint density at radius 2 is 1.67 bits per heavy atom. The van der Waals surface area contributed by atoms with Gasteiger partial charge in [0, 0.05) is 56.1 Å². The zero-order valence-corrected chi connectivity index (χ0v) is 16.5. The number of nitrogens with zero attached hydrogens (tertiary/aromatic N) is 3. The van der Waals surface area contributed by atoms with E-state index in [1.54, 1.807) is 17.7 Å². The van der Waals surface area contributed by atoms with E-state index in [0.29, 0.717) is 12.1 Å². The first-order chi connectivity index (χ1) is 13.0. The van der Waals surface area contributed by atoms with Crippen LogP contribution in [0.3, 0.4) is 0 Å². The van der Waals surface area contributed by atoms with Crippen molar-refractivity contribution in [1.82, 2.24) is 19.4 Å². The second kappa shape index (κ2) is 9.35. The van der Waals surface area contributed by atoms with Crippen LogP contribution in [0.5, 0.6) is 0 Å². The minimum absolute atomic E-state index is 0.300. The van der Waals surface area contributed by atoms with Gasteiger partial charge in [0.1, 0.15) is 0 Å². The van der Waals surface area contributed by atoms with E-state index in [4.69, 9.17) is 11.6 Å². The lowest BCUT2D eigenvalue weighted by Gasteiger charge is -2.34. The summed E-state index contributed by atoms with van der Waals surface area (Å²) in [5, 5.41) is 0.840. The lowest BCUT2D eigenvalue weighted by atomic mass is 10.2. The number of aromatic nitrogens is 2. The van der Waals surface area contributed by atoms with E-state index in [0.717, 1.165) is 57.1 Å². The predicted octanol–water partition coefficient (Wildman–Crippen LogP) is 2.10. The van der Waals surface area contributed by atoms with E-state index in [1.807, 2.05) is 18.2 Å². The molecular weight excluding hydrogens is 364 g/mol. The van der Waals surface area contributed by atoms with Crippen LogP contribution in [0.4, 0.5) is 0 Å². The van der Waals surface area contributed by atoms with Gasteiger partial charge in [-0.25, -0.2) is 4.79 Å². The van der Waals surface area contributed by atoms with Gasteiger partial charge in [-0.3, -0.25) is 14.7 Å². The van der Waals surface area contributed by atoms with E-state index in [-0.39, 0.29) is 11.2 Å². The van der Waals surface area contributed by atoms with Crippen LogP contribution in [0.2, 0.25) is 5.02 Å². The van der Waals surface area contributed by atoms with Crippen molar-refractivity contribution in [1.29, 1.82) is 0 Å². The molecule has 1 saturated heterocycles. The smallest absolute Gasteiger partial charge is 0.301 e. The molecule has 0 bridgehead atoms. The highest BCUT2D eigenvalue weighted by molar-refractivity contribution is 6.31. The van der Waals surface area contributed by atoms with Gasteiger partial charge in [0.15, 0.2) is 0 Å². The maximum atomic E-state index is 11.8. The van der Waals surface area contributed by atoms with Crippen LogP contribution in [-0.2, 0) is 13.1 Å². The van der Waals surface area contributed by atoms with E-state index >= 15 is 0 Å². The SMILES string of the molecule is Cc1cn(CCCCN2CCN(Cc3ccccc3Cl)CC2)c(=O)[nH]c1=O. The zero-order chi connectivity index (χ0) is 19.2. The van der Waals surface area contributed by atoms with Crippen LogP contribution in [-0.4, -0.2) is 52.1 Å². The third-order valence-corrected chi connectivity index (χ3v) is 5.50. The quantitative estimate of drug-likeness (QED) is 0.735. The normalized spacial score (nSPS) is 15.9. The molecule has 1 aliphatic heterocycles. The summed E-state index contributed by atoms with van der Waals surface area (Å²) >= 11 is 6.26. The minimum Gasteiger partial charge on any atom is -0.301 e. The second-order valence-electron chi connectivity index (χ2n) is 7.18. The fraction of sp³-hybridized carbons (Fsp3) is 0.500. The molecule has 0 radical (unpaired) electrons. The van der Waals surface area contributed by atoms with Gasteiger partial charge in [-0.15, -0.1) is 0 Å². The first-order valence-electron chi connectivity index (χ1n) is 9.51. The number of aromatic amines is 1. The summed E-state index contributed by atoms with van der Waals surface area (Å²) in [6.45, 7) is 8.51. The molecular formula is C20H27ClN4O2. The first-order valence-corrected chi connectivity index (χ1v) is 9.89. The summed E-state index contributed by atoms with van der Waals surface area (Å²) in [6.07, 6.45) is 3.61. The maximum Gasteiger partial charge on any atom is 0.328 e. The number of hydrogen-bond donors (Lipinski definition) is 1. The molecule has 0 unspecified atom stereocenters. The van der Waals surface area contributed by atoms with E-state index < -0.39 is 0 Å². The number of rotatable bonds is 7. The van der Waals surface area contributed by atoms with Gasteiger partial charge < -0.3 is 9.47 Å². The van der Waals surface area contributed by atoms with Gasteiger partial charge in [-0.1, -0.05) is 29.8 Å². The summed E-state index contributed by atoms with van der Waals surface area (Å²) in [6, 6.07) is 8.04. The van der Waals surface area contributed by atoms with Gasteiger partial charge in [0.2, 0.25) is 0 Å². The topological polar surface area (TPSA) is 61.3 Å². The van der Waals surface area contributed by atoms with Crippen molar-refractivity contribution in [3.05, 3.63) is 67.4 Å². The summed E-state index contributed by atoms with van der Waals surface area (Å²) in [5.41, 5.74) is 1.14. The second-order valence-corrected chi connectivity index (χ2v) is 7.59. The maximum absolute atomic E-state index is 11.8. The van der Waals surface area contributed by atoms with E-state index in [1.165, 1.54) is 5.56 Å². The van der Waals surface area contributed by atoms with Gasteiger partial charge in [0.05, 0.1) is 0 Å². The largest absolute Gasteiger partial charge is 0.328 e. The van der Waals surface area contributed by atoms with Crippen LogP contribution in [0.1, 0.15) is 24.0 Å². The Morgan fingerprint density at radius 3 is 2.41 bits per heavy atom. The van der Waals surface area contributed by atoms with Crippen LogP contribution in [0, 0.1) is 6.92 Å². The molecule has 1 aromatic heterocycles. The minimum atomic E-state index is -0.321. The third-order valence-electron chi connectivity index (χ3n) is 5.13. The molecule has 1 aliphatic rings. The molecule has 7 heteroatoms. The van der Waals surface area contributed by atoms with Gasteiger partial charge >= 0.3 is 5.69 Å². The molecule has 6 nitrogen and oxygen atoms in total.